The Morgan fingerprint density at radius 3 is 2.56 bits per heavy atom. The third-order valence-corrected chi connectivity index (χ3v) is 3.40. The highest BCUT2D eigenvalue weighted by Crippen LogP contribution is 2.18. The van der Waals surface area contributed by atoms with Crippen LogP contribution in [0.4, 0.5) is 0 Å². The van der Waals surface area contributed by atoms with Gasteiger partial charge >= 0.3 is 0 Å². The molecule has 0 spiro atoms. The summed E-state index contributed by atoms with van der Waals surface area (Å²) in [7, 11) is -3.24. The lowest BCUT2D eigenvalue weighted by Gasteiger charge is -2.12. The zero-order valence-electron chi connectivity index (χ0n) is 9.89. The molecule has 0 aliphatic heterocycles. The fourth-order valence-corrected chi connectivity index (χ4v) is 2.47. The minimum Gasteiger partial charge on any atom is -0.386 e. The molecular formula is C12H14N2O3S. The average molecular weight is 266 g/mol. The van der Waals surface area contributed by atoms with Crippen molar-refractivity contribution >= 4 is 9.84 Å². The maximum atomic E-state index is 11.2. The summed E-state index contributed by atoms with van der Waals surface area (Å²) in [5, 5.41) is 14.0. The summed E-state index contributed by atoms with van der Waals surface area (Å²) in [5.41, 5.74) is 1.25. The van der Waals surface area contributed by atoms with Crippen molar-refractivity contribution in [2.24, 2.45) is 0 Å². The third-order valence-electron chi connectivity index (χ3n) is 2.47. The molecule has 96 valence electrons. The van der Waals surface area contributed by atoms with Gasteiger partial charge in [-0.25, -0.2) is 13.1 Å². The summed E-state index contributed by atoms with van der Waals surface area (Å²) in [6.45, 7) is 0. The van der Waals surface area contributed by atoms with Crippen LogP contribution in [0.25, 0.3) is 5.69 Å². The molecular weight excluding hydrogens is 252 g/mol. The number of rotatable bonds is 4. The van der Waals surface area contributed by atoms with Gasteiger partial charge in [-0.05, 0) is 18.2 Å². The Kier molecular flexibility index (Phi) is 3.49. The summed E-state index contributed by atoms with van der Waals surface area (Å²) in [5.74, 6) is -0.314. The summed E-state index contributed by atoms with van der Waals surface area (Å²) in [6.07, 6.45) is 1.55. The smallest absolute Gasteiger partial charge is 0.150 e. The SMILES string of the molecule is CS(=O)(=O)CC(O)c1ccnn1-c1ccccc1. The molecule has 0 amide bonds. The van der Waals surface area contributed by atoms with Crippen LogP contribution in [0.5, 0.6) is 0 Å². The topological polar surface area (TPSA) is 72.2 Å². The van der Waals surface area contributed by atoms with Crippen LogP contribution in [0.1, 0.15) is 11.8 Å². The number of benzene rings is 1. The highest BCUT2D eigenvalue weighted by atomic mass is 32.2. The molecule has 6 heteroatoms. The van der Waals surface area contributed by atoms with Crippen molar-refractivity contribution in [3.8, 4) is 5.69 Å². The van der Waals surface area contributed by atoms with E-state index < -0.39 is 15.9 Å². The number of aromatic nitrogens is 2. The number of hydrogen-bond acceptors (Lipinski definition) is 4. The van der Waals surface area contributed by atoms with Crippen LogP contribution in [0.3, 0.4) is 0 Å². The van der Waals surface area contributed by atoms with Gasteiger partial charge in [0.25, 0.3) is 0 Å². The summed E-state index contributed by atoms with van der Waals surface area (Å²) >= 11 is 0. The van der Waals surface area contributed by atoms with Crippen LogP contribution < -0.4 is 0 Å². The van der Waals surface area contributed by atoms with Gasteiger partial charge in [0, 0.05) is 12.5 Å². The second-order valence-corrected chi connectivity index (χ2v) is 6.30. The average Bonchev–Trinajstić information content (AvgIpc) is 2.76. The van der Waals surface area contributed by atoms with E-state index in [4.69, 9.17) is 0 Å². The molecule has 0 aliphatic carbocycles. The first kappa shape index (κ1) is 12.8. The Bertz CT molecular complexity index is 620. The molecule has 18 heavy (non-hydrogen) atoms. The zero-order chi connectivity index (χ0) is 13.2. The summed E-state index contributed by atoms with van der Waals surface area (Å²) < 4.78 is 23.9. The molecule has 0 fully saturated rings. The first-order valence-corrected chi connectivity index (χ1v) is 7.48. The molecule has 1 atom stereocenters. The van der Waals surface area contributed by atoms with E-state index in [1.807, 2.05) is 30.3 Å². The Morgan fingerprint density at radius 1 is 1.28 bits per heavy atom. The first-order chi connectivity index (χ1) is 8.47. The van der Waals surface area contributed by atoms with Gasteiger partial charge in [-0.1, -0.05) is 18.2 Å². The number of hydrogen-bond donors (Lipinski definition) is 1. The largest absolute Gasteiger partial charge is 0.386 e. The van der Waals surface area contributed by atoms with E-state index in [-0.39, 0.29) is 5.75 Å². The molecule has 0 bridgehead atoms. The quantitative estimate of drug-likeness (QED) is 0.894. The number of nitrogens with zero attached hydrogens (tertiary/aromatic N) is 2. The predicted molar refractivity (Wildman–Crippen MR) is 68.2 cm³/mol. The molecule has 2 rings (SSSR count). The Balaban J connectivity index is 2.34. The summed E-state index contributed by atoms with van der Waals surface area (Å²) in [4.78, 5) is 0. The molecule has 0 radical (unpaired) electrons. The molecule has 5 nitrogen and oxygen atoms in total. The van der Waals surface area contributed by atoms with Gasteiger partial charge in [-0.3, -0.25) is 0 Å². The molecule has 0 saturated heterocycles. The van der Waals surface area contributed by atoms with Gasteiger partial charge in [-0.15, -0.1) is 0 Å². The zero-order valence-corrected chi connectivity index (χ0v) is 10.7. The predicted octanol–water partition coefficient (Wildman–Crippen LogP) is 0.950. The second kappa shape index (κ2) is 4.91. The number of aliphatic hydroxyl groups excluding tert-OH is 1. The van der Waals surface area contributed by atoms with E-state index in [0.29, 0.717) is 5.69 Å². The van der Waals surface area contributed by atoms with Crippen LogP contribution >= 0.6 is 0 Å². The third kappa shape index (κ3) is 2.96. The lowest BCUT2D eigenvalue weighted by atomic mass is 10.2. The lowest BCUT2D eigenvalue weighted by molar-refractivity contribution is 0.193. The van der Waals surface area contributed by atoms with E-state index in [9.17, 15) is 13.5 Å². The van der Waals surface area contributed by atoms with Crippen molar-refractivity contribution < 1.29 is 13.5 Å². The molecule has 0 aliphatic rings. The second-order valence-electron chi connectivity index (χ2n) is 4.11. The van der Waals surface area contributed by atoms with Crippen molar-refractivity contribution in [3.05, 3.63) is 48.3 Å². The van der Waals surface area contributed by atoms with E-state index in [1.165, 1.54) is 10.9 Å². The first-order valence-electron chi connectivity index (χ1n) is 5.42. The molecule has 0 saturated carbocycles. The van der Waals surface area contributed by atoms with E-state index >= 15 is 0 Å². The molecule has 1 unspecified atom stereocenters. The van der Waals surface area contributed by atoms with Crippen LogP contribution in [-0.2, 0) is 9.84 Å². The van der Waals surface area contributed by atoms with Crippen LogP contribution in [-0.4, -0.2) is 35.3 Å². The van der Waals surface area contributed by atoms with Crippen LogP contribution in [0.15, 0.2) is 42.6 Å². The molecule has 1 aromatic heterocycles. The molecule has 1 N–H and O–H groups in total. The molecule has 1 heterocycles. The standard InChI is InChI=1S/C12H14N2O3S/c1-18(16,17)9-12(15)11-7-8-13-14(11)10-5-3-2-4-6-10/h2-8,12,15H,9H2,1H3. The highest BCUT2D eigenvalue weighted by molar-refractivity contribution is 7.90. The van der Waals surface area contributed by atoms with Crippen LogP contribution in [0, 0.1) is 0 Å². The normalized spacial score (nSPS) is 13.4. The number of aliphatic hydroxyl groups is 1. The Hall–Kier alpha value is -1.66. The fourth-order valence-electron chi connectivity index (χ4n) is 1.72. The van der Waals surface area contributed by atoms with Crippen molar-refractivity contribution in [1.82, 2.24) is 9.78 Å². The lowest BCUT2D eigenvalue weighted by Crippen LogP contribution is -2.16. The highest BCUT2D eigenvalue weighted by Gasteiger charge is 2.18. The summed E-state index contributed by atoms with van der Waals surface area (Å²) in [6, 6.07) is 10.9. The number of sulfone groups is 1. The van der Waals surface area contributed by atoms with Gasteiger partial charge in [0.05, 0.1) is 17.1 Å². The molecule has 2 aromatic rings. The van der Waals surface area contributed by atoms with Crippen molar-refractivity contribution in [2.45, 2.75) is 6.10 Å². The maximum Gasteiger partial charge on any atom is 0.150 e. The van der Waals surface area contributed by atoms with E-state index in [0.717, 1.165) is 11.9 Å². The molecule has 1 aromatic carbocycles. The fraction of sp³-hybridized carbons (Fsp3) is 0.250. The minimum absolute atomic E-state index is 0.314. The maximum absolute atomic E-state index is 11.2. The van der Waals surface area contributed by atoms with E-state index in [1.54, 1.807) is 6.07 Å². The van der Waals surface area contributed by atoms with Gasteiger partial charge in [-0.2, -0.15) is 5.10 Å². The van der Waals surface area contributed by atoms with Gasteiger partial charge in [0.15, 0.2) is 0 Å². The van der Waals surface area contributed by atoms with Crippen LogP contribution in [0.2, 0.25) is 0 Å². The van der Waals surface area contributed by atoms with Gasteiger partial charge in [0.2, 0.25) is 0 Å². The van der Waals surface area contributed by atoms with Crippen molar-refractivity contribution in [1.29, 1.82) is 0 Å². The Morgan fingerprint density at radius 2 is 1.94 bits per heavy atom. The number of para-hydroxylation sites is 1. The Labute approximate surface area is 106 Å². The van der Waals surface area contributed by atoms with Gasteiger partial charge < -0.3 is 5.11 Å². The van der Waals surface area contributed by atoms with Crippen molar-refractivity contribution in [3.63, 3.8) is 0 Å². The van der Waals surface area contributed by atoms with Crippen molar-refractivity contribution in [2.75, 3.05) is 12.0 Å². The van der Waals surface area contributed by atoms with E-state index in [2.05, 4.69) is 5.10 Å². The van der Waals surface area contributed by atoms with Gasteiger partial charge in [0.1, 0.15) is 15.9 Å². The monoisotopic (exact) mass is 266 g/mol. The minimum atomic E-state index is -3.24.